The van der Waals surface area contributed by atoms with Crippen LogP contribution in [0, 0.1) is 6.92 Å². The highest BCUT2D eigenvalue weighted by Crippen LogP contribution is 2.46. The summed E-state index contributed by atoms with van der Waals surface area (Å²) < 4.78 is 17.0. The van der Waals surface area contributed by atoms with Crippen LogP contribution in [0.15, 0.2) is 42.5 Å². The predicted molar refractivity (Wildman–Crippen MR) is 134 cm³/mol. The van der Waals surface area contributed by atoms with Crippen molar-refractivity contribution in [2.24, 2.45) is 0 Å². The van der Waals surface area contributed by atoms with Gasteiger partial charge < -0.3 is 19.5 Å². The molecule has 1 saturated heterocycles. The molecule has 0 saturated carbocycles. The van der Waals surface area contributed by atoms with E-state index in [0.717, 1.165) is 21.9 Å². The summed E-state index contributed by atoms with van der Waals surface area (Å²) >= 11 is 0. The Hall–Kier alpha value is -4.04. The number of ketones is 2. The van der Waals surface area contributed by atoms with Crippen LogP contribution in [0.25, 0.3) is 10.8 Å². The van der Waals surface area contributed by atoms with Crippen LogP contribution in [0.1, 0.15) is 69.3 Å². The topological polar surface area (TPSA) is 108 Å². The van der Waals surface area contributed by atoms with Crippen molar-refractivity contribution >= 4 is 40.0 Å². The van der Waals surface area contributed by atoms with Gasteiger partial charge in [0, 0.05) is 42.5 Å². The molecule has 8 heteroatoms. The lowest BCUT2D eigenvalue weighted by Crippen LogP contribution is -2.55. The molecule has 1 fully saturated rings. The van der Waals surface area contributed by atoms with Crippen molar-refractivity contribution < 1.29 is 33.4 Å². The number of carbonyl (C=O) groups is 4. The summed E-state index contributed by atoms with van der Waals surface area (Å²) in [4.78, 5) is 50.9. The van der Waals surface area contributed by atoms with Gasteiger partial charge in [0.05, 0.1) is 23.4 Å². The van der Waals surface area contributed by atoms with Crippen molar-refractivity contribution in [1.82, 2.24) is 0 Å². The summed E-state index contributed by atoms with van der Waals surface area (Å²) in [5, 5.41) is 5.04. The van der Waals surface area contributed by atoms with E-state index in [0.29, 0.717) is 34.4 Å². The van der Waals surface area contributed by atoms with Crippen LogP contribution in [0.3, 0.4) is 0 Å². The number of ether oxygens (including phenoxy) is 3. The number of hydrogen-bond acceptors (Lipinski definition) is 8. The Bertz CT molecular complexity index is 1520. The molecular weight excluding hydrogens is 474 g/mol. The first-order valence-corrected chi connectivity index (χ1v) is 12.2. The molecule has 6 rings (SSSR count). The van der Waals surface area contributed by atoms with E-state index in [9.17, 15) is 19.2 Å². The summed E-state index contributed by atoms with van der Waals surface area (Å²) in [6.45, 7) is 4.52. The Kier molecular flexibility index (Phi) is 5.38. The zero-order valence-corrected chi connectivity index (χ0v) is 20.6. The monoisotopic (exact) mass is 499 g/mol. The smallest absolute Gasteiger partial charge is 0.303 e. The van der Waals surface area contributed by atoms with Crippen molar-refractivity contribution in [2.75, 3.05) is 11.9 Å². The summed E-state index contributed by atoms with van der Waals surface area (Å²) in [5.74, 6) is -1.40. The van der Waals surface area contributed by atoms with Crippen molar-refractivity contribution in [3.63, 3.8) is 0 Å². The van der Waals surface area contributed by atoms with Crippen molar-refractivity contribution in [3.05, 3.63) is 75.8 Å². The van der Waals surface area contributed by atoms with Crippen LogP contribution in [0.2, 0.25) is 0 Å². The second kappa shape index (κ2) is 8.52. The Morgan fingerprint density at radius 1 is 0.973 bits per heavy atom. The van der Waals surface area contributed by atoms with Gasteiger partial charge in [-0.2, -0.15) is 0 Å². The van der Waals surface area contributed by atoms with E-state index in [4.69, 9.17) is 14.2 Å². The normalized spacial score (nSPS) is 23.4. The van der Waals surface area contributed by atoms with E-state index in [1.165, 1.54) is 13.8 Å². The number of fused-ring (bicyclic) bond motifs is 9. The summed E-state index contributed by atoms with van der Waals surface area (Å²) in [6, 6.07) is 12.5. The zero-order chi connectivity index (χ0) is 26.0. The summed E-state index contributed by atoms with van der Waals surface area (Å²) in [7, 11) is 0. The molecule has 8 nitrogen and oxygen atoms in total. The lowest BCUT2D eigenvalue weighted by molar-refractivity contribution is -0.185. The fourth-order valence-corrected chi connectivity index (χ4v) is 5.80. The molecule has 2 heterocycles. The van der Waals surface area contributed by atoms with Gasteiger partial charge >= 0.3 is 11.9 Å². The van der Waals surface area contributed by atoms with Gasteiger partial charge in [0.15, 0.2) is 17.7 Å². The molecule has 1 N–H and O–H groups in total. The van der Waals surface area contributed by atoms with Gasteiger partial charge in [-0.3, -0.25) is 19.2 Å². The number of anilines is 1. The molecule has 1 aliphatic carbocycles. The van der Waals surface area contributed by atoms with Crippen molar-refractivity contribution in [1.29, 1.82) is 0 Å². The first kappa shape index (κ1) is 23.4. The molecule has 3 aromatic carbocycles. The highest BCUT2D eigenvalue weighted by atomic mass is 16.6. The Labute approximate surface area is 212 Å². The summed E-state index contributed by atoms with van der Waals surface area (Å²) in [6.07, 6.45) is -1.36. The molecule has 0 aromatic heterocycles. The van der Waals surface area contributed by atoms with Gasteiger partial charge in [-0.15, -0.1) is 0 Å². The first-order valence-electron chi connectivity index (χ1n) is 12.2. The zero-order valence-electron chi connectivity index (χ0n) is 20.6. The molecule has 188 valence electrons. The number of carbonyl (C=O) groups excluding carboxylic acids is 4. The number of hydrogen-bond donors (Lipinski definition) is 1. The second-order valence-corrected chi connectivity index (χ2v) is 9.85. The van der Waals surface area contributed by atoms with Crippen LogP contribution < -0.4 is 5.32 Å². The molecule has 0 spiro atoms. The number of esters is 2. The minimum absolute atomic E-state index is 0.0699. The van der Waals surface area contributed by atoms with E-state index in [1.54, 1.807) is 12.1 Å². The van der Waals surface area contributed by atoms with Gasteiger partial charge in [-0.05, 0) is 29.8 Å². The Morgan fingerprint density at radius 3 is 2.46 bits per heavy atom. The minimum Gasteiger partial charge on any atom is -0.463 e. The highest BCUT2D eigenvalue weighted by Gasteiger charge is 2.47. The molecule has 2 bridgehead atoms. The van der Waals surface area contributed by atoms with Gasteiger partial charge in [-0.25, -0.2) is 0 Å². The van der Waals surface area contributed by atoms with Crippen LogP contribution in [0.5, 0.6) is 0 Å². The lowest BCUT2D eigenvalue weighted by atomic mass is 9.77. The predicted octanol–water partition coefficient (Wildman–Crippen LogP) is 4.04. The number of aryl methyl sites for hydroxylation is 1. The quantitative estimate of drug-likeness (QED) is 0.421. The molecule has 3 aliphatic rings. The average Bonchev–Trinajstić information content (AvgIpc) is 2.86. The third kappa shape index (κ3) is 3.71. The summed E-state index contributed by atoms with van der Waals surface area (Å²) in [5.41, 5.74) is 3.75. The van der Waals surface area contributed by atoms with Gasteiger partial charge in [-0.1, -0.05) is 35.9 Å². The Morgan fingerprint density at radius 2 is 1.70 bits per heavy atom. The van der Waals surface area contributed by atoms with E-state index >= 15 is 0 Å². The molecule has 0 unspecified atom stereocenters. The second-order valence-electron chi connectivity index (χ2n) is 9.85. The highest BCUT2D eigenvalue weighted by molar-refractivity contribution is 6.33. The third-order valence-corrected chi connectivity index (χ3v) is 7.36. The maximum Gasteiger partial charge on any atom is 0.303 e. The Balaban J connectivity index is 1.44. The molecular formula is C29H25NO7. The molecule has 37 heavy (non-hydrogen) atoms. The van der Waals surface area contributed by atoms with E-state index < -0.39 is 36.3 Å². The number of rotatable bonds is 3. The SMILES string of the molecule is CC(=O)OC[C@H]1O[C@@H]2C[C@@H](Nc3c2ccc2c3C(=O)c3ccc4cc(C)ccc4c3C2=O)[C@@H]1OC(C)=O. The van der Waals surface area contributed by atoms with Gasteiger partial charge in [0.25, 0.3) is 0 Å². The van der Waals surface area contributed by atoms with Crippen LogP contribution in [0.4, 0.5) is 5.69 Å². The van der Waals surface area contributed by atoms with E-state index in [2.05, 4.69) is 5.32 Å². The maximum absolute atomic E-state index is 13.9. The van der Waals surface area contributed by atoms with Crippen LogP contribution in [-0.2, 0) is 23.8 Å². The first-order chi connectivity index (χ1) is 17.7. The number of benzene rings is 3. The number of nitrogens with one attached hydrogen (secondary N) is 1. The third-order valence-electron chi connectivity index (χ3n) is 7.36. The van der Waals surface area contributed by atoms with Gasteiger partial charge in [0.1, 0.15) is 12.7 Å². The lowest BCUT2D eigenvalue weighted by Gasteiger charge is -2.46. The van der Waals surface area contributed by atoms with Crippen molar-refractivity contribution in [2.45, 2.75) is 51.5 Å². The fraction of sp³-hybridized carbons (Fsp3) is 0.310. The molecule has 4 atom stereocenters. The molecule has 3 aromatic rings. The minimum atomic E-state index is -0.744. The largest absolute Gasteiger partial charge is 0.463 e. The molecule has 0 radical (unpaired) electrons. The fourth-order valence-electron chi connectivity index (χ4n) is 5.80. The van der Waals surface area contributed by atoms with Crippen LogP contribution >= 0.6 is 0 Å². The molecule has 0 amide bonds. The van der Waals surface area contributed by atoms with E-state index in [1.807, 2.05) is 37.3 Å². The average molecular weight is 500 g/mol. The maximum atomic E-state index is 13.9. The standard InChI is InChI=1S/C29H25NO7/c1-13-4-6-17-16(10-13)5-7-19-24(17)27(33)20-9-8-18-22-11-21(30-26(18)25(20)28(19)34)29(36-15(3)32)23(37-22)12-35-14(2)31/h4-10,21-23,29-30H,11-12H2,1-3H3/t21-,22-,23-,29+/m1/s1. The van der Waals surface area contributed by atoms with Gasteiger partial charge in [0.2, 0.25) is 0 Å². The van der Waals surface area contributed by atoms with Crippen molar-refractivity contribution in [3.8, 4) is 0 Å². The van der Waals surface area contributed by atoms with E-state index in [-0.39, 0.29) is 18.2 Å². The van der Waals surface area contributed by atoms with Crippen LogP contribution in [-0.4, -0.2) is 48.4 Å². The molecule has 2 aliphatic heterocycles.